The Kier molecular flexibility index (Phi) is 6.08. The highest BCUT2D eigenvalue weighted by Gasteiger charge is 2.31. The number of benzene rings is 2. The summed E-state index contributed by atoms with van der Waals surface area (Å²) < 4.78 is 5.36. The molecular formula is C21H25N3O3. The topological polar surface area (TPSA) is 61.9 Å². The fourth-order valence-corrected chi connectivity index (χ4v) is 3.23. The Hall–Kier alpha value is -2.86. The molecular weight excluding hydrogens is 342 g/mol. The first-order chi connectivity index (χ1) is 13.1. The molecule has 2 aromatic rings. The fourth-order valence-electron chi connectivity index (χ4n) is 3.23. The number of ether oxygens (including phenoxy) is 1. The molecule has 0 spiro atoms. The van der Waals surface area contributed by atoms with Crippen LogP contribution in [0.3, 0.4) is 0 Å². The number of nitrogens with one attached hydrogen (secondary N) is 1. The summed E-state index contributed by atoms with van der Waals surface area (Å²) in [4.78, 5) is 28.8. The smallest absolute Gasteiger partial charge is 0.241 e. The molecule has 142 valence electrons. The van der Waals surface area contributed by atoms with Gasteiger partial charge in [0.25, 0.3) is 0 Å². The van der Waals surface area contributed by atoms with Crippen LogP contribution in [0.4, 0.5) is 5.69 Å². The molecule has 0 bridgehead atoms. The van der Waals surface area contributed by atoms with Crippen molar-refractivity contribution in [1.29, 1.82) is 0 Å². The van der Waals surface area contributed by atoms with Crippen LogP contribution in [0.5, 0.6) is 5.75 Å². The van der Waals surface area contributed by atoms with Gasteiger partial charge in [-0.1, -0.05) is 42.5 Å². The molecule has 1 N–H and O–H groups in total. The van der Waals surface area contributed by atoms with Crippen LogP contribution in [0.1, 0.15) is 12.5 Å². The Bertz CT molecular complexity index is 794. The third-order valence-corrected chi connectivity index (χ3v) is 4.86. The standard InChI is InChI=1S/C21H25N3O3/c1-16(21(26)22-14-17-8-4-3-5-9-17)23-12-13-24(20(25)15-23)18-10-6-7-11-19(18)27-2/h3-11,16H,12-15H2,1-2H3,(H,22,26)/t16-/m0/s1. The monoisotopic (exact) mass is 367 g/mol. The highest BCUT2D eigenvalue weighted by molar-refractivity contribution is 5.97. The lowest BCUT2D eigenvalue weighted by molar-refractivity contribution is -0.129. The van der Waals surface area contributed by atoms with E-state index in [9.17, 15) is 9.59 Å². The summed E-state index contributed by atoms with van der Waals surface area (Å²) in [5.74, 6) is 0.568. The molecule has 2 aromatic carbocycles. The van der Waals surface area contributed by atoms with E-state index < -0.39 is 0 Å². The summed E-state index contributed by atoms with van der Waals surface area (Å²) in [6.07, 6.45) is 0. The number of hydrogen-bond donors (Lipinski definition) is 1. The van der Waals surface area contributed by atoms with Gasteiger partial charge < -0.3 is 15.0 Å². The third kappa shape index (κ3) is 4.46. The lowest BCUT2D eigenvalue weighted by Crippen LogP contribution is -2.56. The Morgan fingerprint density at radius 3 is 2.52 bits per heavy atom. The molecule has 6 heteroatoms. The van der Waals surface area contributed by atoms with Gasteiger partial charge in [-0.15, -0.1) is 0 Å². The normalized spacial score (nSPS) is 16.1. The second-order valence-corrected chi connectivity index (χ2v) is 6.57. The number of hydrogen-bond acceptors (Lipinski definition) is 4. The number of anilines is 1. The van der Waals surface area contributed by atoms with E-state index in [-0.39, 0.29) is 24.4 Å². The van der Waals surface area contributed by atoms with Crippen molar-refractivity contribution in [2.75, 3.05) is 31.6 Å². The molecule has 0 aliphatic carbocycles. The molecule has 0 radical (unpaired) electrons. The van der Waals surface area contributed by atoms with Crippen molar-refractivity contribution in [3.63, 3.8) is 0 Å². The minimum absolute atomic E-state index is 0.0338. The predicted molar refractivity (Wildman–Crippen MR) is 105 cm³/mol. The molecule has 6 nitrogen and oxygen atoms in total. The summed E-state index contributed by atoms with van der Waals surface area (Å²) in [6.45, 7) is 3.68. The van der Waals surface area contributed by atoms with Gasteiger partial charge in [-0.3, -0.25) is 14.5 Å². The predicted octanol–water partition coefficient (Wildman–Crippen LogP) is 2.05. The first-order valence-corrected chi connectivity index (χ1v) is 9.09. The molecule has 1 aliphatic heterocycles. The SMILES string of the molecule is COc1ccccc1N1CCN([C@@H](C)C(=O)NCc2ccccc2)CC1=O. The van der Waals surface area contributed by atoms with E-state index in [2.05, 4.69) is 5.32 Å². The maximum Gasteiger partial charge on any atom is 0.241 e. The van der Waals surface area contributed by atoms with Crippen LogP contribution in [0.2, 0.25) is 0 Å². The van der Waals surface area contributed by atoms with Crippen LogP contribution < -0.4 is 15.0 Å². The summed E-state index contributed by atoms with van der Waals surface area (Å²) >= 11 is 0. The van der Waals surface area contributed by atoms with Crippen molar-refractivity contribution in [1.82, 2.24) is 10.2 Å². The molecule has 1 fully saturated rings. The van der Waals surface area contributed by atoms with E-state index in [1.54, 1.807) is 12.0 Å². The van der Waals surface area contributed by atoms with E-state index in [1.807, 2.05) is 66.4 Å². The quantitative estimate of drug-likeness (QED) is 0.849. The number of carbonyl (C=O) groups excluding carboxylic acids is 2. The van der Waals surface area contributed by atoms with Gasteiger partial charge in [0.1, 0.15) is 5.75 Å². The van der Waals surface area contributed by atoms with Gasteiger partial charge in [-0.2, -0.15) is 0 Å². The van der Waals surface area contributed by atoms with E-state index >= 15 is 0 Å². The molecule has 1 atom stereocenters. The Morgan fingerprint density at radius 1 is 1.11 bits per heavy atom. The lowest BCUT2D eigenvalue weighted by atomic mass is 10.1. The van der Waals surface area contributed by atoms with Gasteiger partial charge in [0, 0.05) is 19.6 Å². The molecule has 1 aliphatic rings. The Morgan fingerprint density at radius 2 is 1.81 bits per heavy atom. The van der Waals surface area contributed by atoms with Gasteiger partial charge in [-0.25, -0.2) is 0 Å². The zero-order valence-electron chi connectivity index (χ0n) is 15.7. The Labute approximate surface area is 159 Å². The molecule has 3 rings (SSSR count). The number of rotatable bonds is 6. The second-order valence-electron chi connectivity index (χ2n) is 6.57. The number of piperazine rings is 1. The van der Waals surface area contributed by atoms with Gasteiger partial charge >= 0.3 is 0 Å². The van der Waals surface area contributed by atoms with Gasteiger partial charge in [0.05, 0.1) is 25.4 Å². The molecule has 1 heterocycles. The zero-order valence-corrected chi connectivity index (χ0v) is 15.7. The minimum atomic E-state index is -0.363. The molecule has 27 heavy (non-hydrogen) atoms. The number of nitrogens with zero attached hydrogens (tertiary/aromatic N) is 2. The van der Waals surface area contributed by atoms with Crippen LogP contribution in [-0.4, -0.2) is 49.5 Å². The van der Waals surface area contributed by atoms with Crippen LogP contribution >= 0.6 is 0 Å². The highest BCUT2D eigenvalue weighted by Crippen LogP contribution is 2.29. The van der Waals surface area contributed by atoms with Crippen molar-refractivity contribution in [2.24, 2.45) is 0 Å². The van der Waals surface area contributed by atoms with Crippen LogP contribution in [0.15, 0.2) is 54.6 Å². The van der Waals surface area contributed by atoms with Crippen LogP contribution in [0.25, 0.3) is 0 Å². The molecule has 2 amide bonds. The van der Waals surface area contributed by atoms with Crippen molar-refractivity contribution in [2.45, 2.75) is 19.5 Å². The maximum absolute atomic E-state index is 12.7. The summed E-state index contributed by atoms with van der Waals surface area (Å²) in [5.41, 5.74) is 1.82. The van der Waals surface area contributed by atoms with E-state index in [1.165, 1.54) is 0 Å². The first-order valence-electron chi connectivity index (χ1n) is 9.09. The average Bonchev–Trinajstić information content (AvgIpc) is 2.72. The maximum atomic E-state index is 12.7. The van der Waals surface area contributed by atoms with Crippen molar-refractivity contribution in [3.05, 3.63) is 60.2 Å². The summed E-state index contributed by atoms with van der Waals surface area (Å²) in [7, 11) is 1.60. The van der Waals surface area contributed by atoms with E-state index in [4.69, 9.17) is 4.74 Å². The van der Waals surface area contributed by atoms with E-state index in [0.717, 1.165) is 11.3 Å². The van der Waals surface area contributed by atoms with Crippen LogP contribution in [-0.2, 0) is 16.1 Å². The third-order valence-electron chi connectivity index (χ3n) is 4.86. The largest absolute Gasteiger partial charge is 0.495 e. The van der Waals surface area contributed by atoms with Crippen molar-refractivity contribution >= 4 is 17.5 Å². The number of methoxy groups -OCH3 is 1. The second kappa shape index (κ2) is 8.68. The lowest BCUT2D eigenvalue weighted by Gasteiger charge is -2.37. The fraction of sp³-hybridized carbons (Fsp3) is 0.333. The number of para-hydroxylation sites is 2. The van der Waals surface area contributed by atoms with Crippen molar-refractivity contribution < 1.29 is 14.3 Å². The first kappa shape index (κ1) is 18.9. The van der Waals surface area contributed by atoms with Crippen LogP contribution in [0, 0.1) is 0 Å². The number of carbonyl (C=O) groups is 2. The van der Waals surface area contributed by atoms with Crippen molar-refractivity contribution in [3.8, 4) is 5.75 Å². The molecule has 0 saturated carbocycles. The average molecular weight is 367 g/mol. The molecule has 0 unspecified atom stereocenters. The molecule has 1 saturated heterocycles. The van der Waals surface area contributed by atoms with Gasteiger partial charge in [0.2, 0.25) is 11.8 Å². The number of amides is 2. The van der Waals surface area contributed by atoms with Gasteiger partial charge in [0.15, 0.2) is 0 Å². The summed E-state index contributed by atoms with van der Waals surface area (Å²) in [5, 5.41) is 2.95. The van der Waals surface area contributed by atoms with E-state index in [0.29, 0.717) is 25.4 Å². The highest BCUT2D eigenvalue weighted by atomic mass is 16.5. The summed E-state index contributed by atoms with van der Waals surface area (Å²) in [6, 6.07) is 16.9. The van der Waals surface area contributed by atoms with Gasteiger partial charge in [-0.05, 0) is 24.6 Å². The Balaban J connectivity index is 1.58. The zero-order chi connectivity index (χ0) is 19.2. The minimum Gasteiger partial charge on any atom is -0.495 e. The molecule has 0 aromatic heterocycles.